The minimum Gasteiger partial charge on any atom is -0.487 e. The van der Waals surface area contributed by atoms with Crippen LogP contribution in [0.25, 0.3) is 0 Å². The van der Waals surface area contributed by atoms with E-state index in [1.165, 1.54) is 18.4 Å². The van der Waals surface area contributed by atoms with Crippen LogP contribution >= 0.6 is 0 Å². The largest absolute Gasteiger partial charge is 0.487 e. The smallest absolute Gasteiger partial charge is 0.330 e. The molecule has 1 aliphatic heterocycles. The molecule has 9 nitrogen and oxygen atoms in total. The van der Waals surface area contributed by atoms with Crippen LogP contribution < -0.4 is 16.0 Å². The topological polar surface area (TPSA) is 104 Å². The number of aryl methyl sites for hydroxylation is 1. The predicted octanol–water partition coefficient (Wildman–Crippen LogP) is -0.679. The third kappa shape index (κ3) is 3.22. The van der Waals surface area contributed by atoms with Gasteiger partial charge in [-0.2, -0.15) is 4.31 Å². The lowest BCUT2D eigenvalue weighted by atomic mass is 10.3. The standard InChI is InChI=1S/C15H18N4O5S/c1-17-10-13(14(20)18(2)15(17)21)25(22,23)19-7-5-12(9-19)24-11-4-3-6-16-8-11/h3-4,6,8,10,12H,5,7,9H2,1-2H3/t12-/m0/s1. The van der Waals surface area contributed by atoms with E-state index in [4.69, 9.17) is 4.74 Å². The maximum Gasteiger partial charge on any atom is 0.330 e. The first-order valence-corrected chi connectivity index (χ1v) is 9.08. The molecule has 0 spiro atoms. The number of pyridine rings is 1. The molecular formula is C15H18N4O5S. The Bertz CT molecular complexity index is 997. The number of sulfonamides is 1. The van der Waals surface area contributed by atoms with Crippen LogP contribution in [0.1, 0.15) is 6.42 Å². The number of nitrogens with zero attached hydrogens (tertiary/aromatic N) is 4. The normalized spacial score (nSPS) is 18.4. The number of rotatable bonds is 4. The van der Waals surface area contributed by atoms with Crippen molar-refractivity contribution in [2.75, 3.05) is 13.1 Å². The first-order chi connectivity index (χ1) is 11.8. The van der Waals surface area contributed by atoms with Gasteiger partial charge >= 0.3 is 5.69 Å². The van der Waals surface area contributed by atoms with Crippen molar-refractivity contribution < 1.29 is 13.2 Å². The van der Waals surface area contributed by atoms with Gasteiger partial charge in [-0.05, 0) is 18.6 Å². The Hall–Kier alpha value is -2.46. The molecule has 0 N–H and O–H groups in total. The molecule has 0 amide bonds. The van der Waals surface area contributed by atoms with Gasteiger partial charge in [0.25, 0.3) is 5.56 Å². The highest BCUT2D eigenvalue weighted by Gasteiger charge is 2.36. The lowest BCUT2D eigenvalue weighted by Crippen LogP contribution is -2.42. The van der Waals surface area contributed by atoms with Crippen molar-refractivity contribution >= 4 is 10.0 Å². The molecular weight excluding hydrogens is 348 g/mol. The van der Waals surface area contributed by atoms with E-state index in [-0.39, 0.29) is 19.2 Å². The fourth-order valence-corrected chi connectivity index (χ4v) is 4.35. The lowest BCUT2D eigenvalue weighted by molar-refractivity contribution is 0.214. The van der Waals surface area contributed by atoms with Crippen LogP contribution in [-0.2, 0) is 24.1 Å². The summed E-state index contributed by atoms with van der Waals surface area (Å²) in [7, 11) is -1.36. The minimum atomic E-state index is -4.01. The van der Waals surface area contributed by atoms with Crippen molar-refractivity contribution in [3.05, 3.63) is 51.6 Å². The summed E-state index contributed by atoms with van der Waals surface area (Å²) in [6.07, 6.45) is 4.42. The van der Waals surface area contributed by atoms with Gasteiger partial charge in [-0.1, -0.05) is 0 Å². The molecule has 134 valence electrons. The Balaban J connectivity index is 1.85. The van der Waals surface area contributed by atoms with E-state index in [0.717, 1.165) is 15.3 Å². The lowest BCUT2D eigenvalue weighted by Gasteiger charge is -2.17. The molecule has 3 heterocycles. The fraction of sp³-hybridized carbons (Fsp3) is 0.400. The van der Waals surface area contributed by atoms with Crippen LogP contribution in [0.3, 0.4) is 0 Å². The quantitative estimate of drug-likeness (QED) is 0.710. The van der Waals surface area contributed by atoms with Gasteiger partial charge in [0.2, 0.25) is 10.0 Å². The van der Waals surface area contributed by atoms with Gasteiger partial charge in [-0.25, -0.2) is 13.2 Å². The van der Waals surface area contributed by atoms with Crippen LogP contribution in [0.5, 0.6) is 5.75 Å². The summed E-state index contributed by atoms with van der Waals surface area (Å²) in [5.74, 6) is 0.560. The maximum absolute atomic E-state index is 12.8. The monoisotopic (exact) mass is 366 g/mol. The molecule has 1 atom stereocenters. The Kier molecular flexibility index (Phi) is 4.48. The molecule has 2 aromatic heterocycles. The van der Waals surface area contributed by atoms with Crippen molar-refractivity contribution in [3.63, 3.8) is 0 Å². The van der Waals surface area contributed by atoms with E-state index < -0.39 is 26.2 Å². The molecule has 3 rings (SSSR count). The molecule has 0 aromatic carbocycles. The number of ether oxygens (including phenoxy) is 1. The number of aromatic nitrogens is 3. The summed E-state index contributed by atoms with van der Waals surface area (Å²) < 4.78 is 34.4. The van der Waals surface area contributed by atoms with E-state index >= 15 is 0 Å². The van der Waals surface area contributed by atoms with Crippen molar-refractivity contribution in [1.82, 2.24) is 18.4 Å². The second kappa shape index (κ2) is 6.45. The zero-order valence-electron chi connectivity index (χ0n) is 13.8. The molecule has 1 aliphatic rings. The molecule has 0 bridgehead atoms. The Morgan fingerprint density at radius 1 is 1.28 bits per heavy atom. The SMILES string of the molecule is Cn1cc(S(=O)(=O)N2CC[C@H](Oc3cccnc3)C2)c(=O)n(C)c1=O. The van der Waals surface area contributed by atoms with E-state index in [1.807, 2.05) is 0 Å². The third-order valence-electron chi connectivity index (χ3n) is 4.08. The summed E-state index contributed by atoms with van der Waals surface area (Å²) >= 11 is 0. The van der Waals surface area contributed by atoms with Gasteiger partial charge in [0, 0.05) is 33.0 Å². The minimum absolute atomic E-state index is 0.128. The molecule has 1 fully saturated rings. The average molecular weight is 366 g/mol. The molecule has 1 saturated heterocycles. The van der Waals surface area contributed by atoms with Gasteiger partial charge < -0.3 is 9.30 Å². The predicted molar refractivity (Wildman–Crippen MR) is 89.0 cm³/mol. The number of hydrogen-bond acceptors (Lipinski definition) is 6. The average Bonchev–Trinajstić information content (AvgIpc) is 3.06. The third-order valence-corrected chi connectivity index (χ3v) is 5.93. The van der Waals surface area contributed by atoms with Gasteiger partial charge in [0.1, 0.15) is 11.9 Å². The van der Waals surface area contributed by atoms with Crippen LogP contribution in [0.4, 0.5) is 0 Å². The van der Waals surface area contributed by atoms with E-state index in [1.54, 1.807) is 24.5 Å². The van der Waals surface area contributed by atoms with Crippen molar-refractivity contribution in [2.45, 2.75) is 17.4 Å². The fourth-order valence-electron chi connectivity index (χ4n) is 2.71. The summed E-state index contributed by atoms with van der Waals surface area (Å²) in [6.45, 7) is 0.364. The Labute approximate surface area is 144 Å². The van der Waals surface area contributed by atoms with Gasteiger partial charge in [-0.3, -0.25) is 14.3 Å². The van der Waals surface area contributed by atoms with E-state index in [9.17, 15) is 18.0 Å². The molecule has 25 heavy (non-hydrogen) atoms. The zero-order chi connectivity index (χ0) is 18.2. The summed E-state index contributed by atoms with van der Waals surface area (Å²) in [5, 5.41) is 0. The summed E-state index contributed by atoms with van der Waals surface area (Å²) in [4.78, 5) is 27.5. The highest BCUT2D eigenvalue weighted by Crippen LogP contribution is 2.22. The Morgan fingerprint density at radius 3 is 2.72 bits per heavy atom. The summed E-state index contributed by atoms with van der Waals surface area (Å²) in [5.41, 5.74) is -1.41. The molecule has 0 saturated carbocycles. The van der Waals surface area contributed by atoms with Crippen LogP contribution in [0.2, 0.25) is 0 Å². The maximum atomic E-state index is 12.8. The molecule has 0 unspecified atom stereocenters. The van der Waals surface area contributed by atoms with Crippen molar-refractivity contribution in [3.8, 4) is 5.75 Å². The highest BCUT2D eigenvalue weighted by molar-refractivity contribution is 7.89. The van der Waals surface area contributed by atoms with Crippen LogP contribution in [0.15, 0.2) is 45.2 Å². The van der Waals surface area contributed by atoms with Gasteiger partial charge in [0.05, 0.1) is 12.7 Å². The van der Waals surface area contributed by atoms with Gasteiger partial charge in [-0.15, -0.1) is 0 Å². The second-order valence-electron chi connectivity index (χ2n) is 5.83. The first-order valence-electron chi connectivity index (χ1n) is 7.64. The van der Waals surface area contributed by atoms with E-state index in [0.29, 0.717) is 12.2 Å². The molecule has 2 aromatic rings. The van der Waals surface area contributed by atoms with Crippen LogP contribution in [-0.4, -0.2) is 46.0 Å². The summed E-state index contributed by atoms with van der Waals surface area (Å²) in [6, 6.07) is 3.47. The van der Waals surface area contributed by atoms with Crippen molar-refractivity contribution in [1.29, 1.82) is 0 Å². The Morgan fingerprint density at radius 2 is 2.04 bits per heavy atom. The van der Waals surface area contributed by atoms with Crippen LogP contribution in [0, 0.1) is 0 Å². The van der Waals surface area contributed by atoms with Gasteiger partial charge in [0.15, 0.2) is 4.90 Å². The molecule has 0 radical (unpaired) electrons. The van der Waals surface area contributed by atoms with Crippen molar-refractivity contribution in [2.24, 2.45) is 14.1 Å². The van der Waals surface area contributed by atoms with E-state index in [2.05, 4.69) is 4.98 Å². The highest BCUT2D eigenvalue weighted by atomic mass is 32.2. The molecule has 0 aliphatic carbocycles. The second-order valence-corrected chi connectivity index (χ2v) is 7.74. The zero-order valence-corrected chi connectivity index (χ0v) is 14.6. The molecule has 10 heteroatoms. The first kappa shape index (κ1) is 17.4. The number of hydrogen-bond donors (Lipinski definition) is 0.